The maximum absolute atomic E-state index is 10.1. The van der Waals surface area contributed by atoms with E-state index in [0.717, 1.165) is 6.54 Å². The van der Waals surface area contributed by atoms with E-state index in [2.05, 4.69) is 55.4 Å². The predicted molar refractivity (Wildman–Crippen MR) is 96.3 cm³/mol. The molecule has 0 bridgehead atoms. The van der Waals surface area contributed by atoms with E-state index in [1.165, 1.54) is 5.56 Å². The normalized spacial score (nSPS) is 15.0. The lowest BCUT2D eigenvalue weighted by atomic mass is 10.2. The van der Waals surface area contributed by atoms with Gasteiger partial charge in [-0.25, -0.2) is 0 Å². The third kappa shape index (κ3) is 6.67. The number of aliphatic hydroxyl groups is 1. The first-order valence-electron chi connectivity index (χ1n) is 7.89. The van der Waals surface area contributed by atoms with Crippen molar-refractivity contribution in [1.82, 2.24) is 4.57 Å². The first kappa shape index (κ1) is 18.8. The lowest BCUT2D eigenvalue weighted by Crippen LogP contribution is -2.49. The molecule has 0 heterocycles. The molecular weight excluding hydrogens is 290 g/mol. The smallest absolute Gasteiger partial charge is 0.274 e. The van der Waals surface area contributed by atoms with E-state index in [-0.39, 0.29) is 17.6 Å². The average Bonchev–Trinajstić information content (AvgIpc) is 2.33. The third-order valence-electron chi connectivity index (χ3n) is 3.34. The van der Waals surface area contributed by atoms with E-state index >= 15 is 0 Å². The van der Waals surface area contributed by atoms with Crippen LogP contribution in [-0.4, -0.2) is 29.6 Å². The van der Waals surface area contributed by atoms with Crippen LogP contribution in [0.3, 0.4) is 0 Å². The van der Waals surface area contributed by atoms with E-state index in [0.29, 0.717) is 0 Å². The van der Waals surface area contributed by atoms with Crippen molar-refractivity contribution in [2.45, 2.75) is 65.5 Å². The van der Waals surface area contributed by atoms with Gasteiger partial charge in [0.2, 0.25) is 0 Å². The summed E-state index contributed by atoms with van der Waals surface area (Å²) >= 11 is 0. The predicted octanol–water partition coefficient (Wildman–Crippen LogP) is 4.93. The summed E-state index contributed by atoms with van der Waals surface area (Å²) in [7, 11) is -1.54. The van der Waals surface area contributed by atoms with Gasteiger partial charge in [-0.15, -0.1) is 0 Å². The Kier molecular flexibility index (Phi) is 6.26. The lowest BCUT2D eigenvalue weighted by molar-refractivity contribution is -0.0162. The fourth-order valence-electron chi connectivity index (χ4n) is 2.42. The van der Waals surface area contributed by atoms with Gasteiger partial charge in [-0.1, -0.05) is 50.0 Å². The van der Waals surface area contributed by atoms with Crippen LogP contribution >= 0.6 is 0 Å². The van der Waals surface area contributed by atoms with Gasteiger partial charge in [-0.05, 0) is 33.3 Å². The summed E-state index contributed by atoms with van der Waals surface area (Å²) in [6, 6.07) is 10.6. The van der Waals surface area contributed by atoms with Crippen LogP contribution in [0.25, 0.3) is 0 Å². The molecule has 0 aliphatic rings. The molecule has 0 fully saturated rings. The Bertz CT molecular complexity index is 486. The number of hydrogen-bond donors (Lipinski definition) is 1. The zero-order chi connectivity index (χ0) is 17.0. The summed E-state index contributed by atoms with van der Waals surface area (Å²) in [6.07, 6.45) is 1.81. The molecule has 0 amide bonds. The minimum atomic E-state index is -1.54. The fourth-order valence-corrected chi connectivity index (χ4v) is 4.37. The quantitative estimate of drug-likeness (QED) is 0.596. The Morgan fingerprint density at radius 2 is 1.77 bits per heavy atom. The van der Waals surface area contributed by atoms with Crippen LogP contribution in [0.5, 0.6) is 0 Å². The molecule has 3 nitrogen and oxygen atoms in total. The van der Waals surface area contributed by atoms with Crippen molar-refractivity contribution in [2.75, 3.05) is 0 Å². The molecule has 0 saturated carbocycles. The molecule has 0 unspecified atom stereocenters. The number of nitrogens with zero attached hydrogens (tertiary/aromatic N) is 1. The fraction of sp³-hybridized carbons (Fsp3) is 0.556. The van der Waals surface area contributed by atoms with Crippen LogP contribution in [0.15, 0.2) is 42.4 Å². The lowest BCUT2D eigenvalue weighted by Gasteiger charge is -2.38. The molecule has 1 aromatic carbocycles. The maximum atomic E-state index is 10.1. The van der Waals surface area contributed by atoms with Gasteiger partial charge in [0.1, 0.15) is 13.8 Å². The van der Waals surface area contributed by atoms with Crippen molar-refractivity contribution in [1.29, 1.82) is 0 Å². The monoisotopic (exact) mass is 321 g/mol. The second-order valence-corrected chi connectivity index (χ2v) is 12.7. The first-order chi connectivity index (χ1) is 9.99. The molecule has 1 aromatic rings. The van der Waals surface area contributed by atoms with Gasteiger partial charge >= 0.3 is 0 Å². The summed E-state index contributed by atoms with van der Waals surface area (Å²) in [5.74, 6) is 0.0105. The zero-order valence-electron chi connectivity index (χ0n) is 15.1. The Labute approximate surface area is 136 Å². The Morgan fingerprint density at radius 3 is 2.23 bits per heavy atom. The van der Waals surface area contributed by atoms with Crippen LogP contribution in [0.1, 0.15) is 33.3 Å². The van der Waals surface area contributed by atoms with Crippen LogP contribution < -0.4 is 0 Å². The van der Waals surface area contributed by atoms with E-state index in [1.54, 1.807) is 0 Å². The van der Waals surface area contributed by atoms with E-state index < -0.39 is 8.24 Å². The minimum Gasteiger partial charge on any atom is -0.481 e. The van der Waals surface area contributed by atoms with Crippen molar-refractivity contribution >= 4 is 8.24 Å². The van der Waals surface area contributed by atoms with Gasteiger partial charge in [-0.2, -0.15) is 0 Å². The summed E-state index contributed by atoms with van der Waals surface area (Å²) < 4.78 is 8.00. The largest absolute Gasteiger partial charge is 0.481 e. The first-order valence-corrected chi connectivity index (χ1v) is 11.3. The second-order valence-electron chi connectivity index (χ2n) is 7.74. The summed E-state index contributed by atoms with van der Waals surface area (Å²) in [4.78, 5) is 0. The molecule has 0 spiro atoms. The van der Waals surface area contributed by atoms with Gasteiger partial charge in [0.15, 0.2) is 0 Å². The van der Waals surface area contributed by atoms with Crippen molar-refractivity contribution in [3.05, 3.63) is 47.9 Å². The minimum absolute atomic E-state index is 0.0105. The van der Waals surface area contributed by atoms with E-state index in [4.69, 9.17) is 4.74 Å². The Morgan fingerprint density at radius 1 is 1.23 bits per heavy atom. The molecule has 1 atom stereocenters. The number of aliphatic hydroxyl groups excluding tert-OH is 1. The summed E-state index contributed by atoms with van der Waals surface area (Å²) in [6.45, 7) is 15.8. The Hall–Kier alpha value is -1.26. The number of rotatable bonds is 6. The molecule has 0 saturated heterocycles. The van der Waals surface area contributed by atoms with E-state index in [9.17, 15) is 5.11 Å². The van der Waals surface area contributed by atoms with Gasteiger partial charge in [-0.3, -0.25) is 0 Å². The molecular formula is C18H31NO2Si. The average molecular weight is 322 g/mol. The SMILES string of the molecule is C[C@H](/C=C(\O)OC(C)(C)C)N(Cc1ccccc1)[Si](C)(C)C. The van der Waals surface area contributed by atoms with Crippen LogP contribution in [0.2, 0.25) is 19.6 Å². The molecule has 1 N–H and O–H groups in total. The molecule has 0 aliphatic carbocycles. The standard InChI is InChI=1S/C18H31NO2Si/c1-15(13-17(20)21-18(2,3)4)19(22(5,6)7)14-16-11-9-8-10-12-16/h8-13,15,20H,14H2,1-7H3/b17-13+/t15-/m1/s1. The van der Waals surface area contributed by atoms with Gasteiger partial charge < -0.3 is 14.4 Å². The van der Waals surface area contributed by atoms with Gasteiger partial charge in [0.05, 0.1) is 0 Å². The summed E-state index contributed by atoms with van der Waals surface area (Å²) in [5, 5.41) is 10.1. The highest BCUT2D eigenvalue weighted by Gasteiger charge is 2.28. The van der Waals surface area contributed by atoms with Gasteiger partial charge in [0, 0.05) is 18.7 Å². The van der Waals surface area contributed by atoms with E-state index in [1.807, 2.05) is 32.9 Å². The highest BCUT2D eigenvalue weighted by Crippen LogP contribution is 2.20. The van der Waals surface area contributed by atoms with Crippen molar-refractivity contribution < 1.29 is 9.84 Å². The number of hydrogen-bond acceptors (Lipinski definition) is 3. The molecule has 124 valence electrons. The van der Waals surface area contributed by atoms with Crippen molar-refractivity contribution in [3.63, 3.8) is 0 Å². The Balaban J connectivity index is 2.90. The van der Waals surface area contributed by atoms with Crippen molar-refractivity contribution in [2.24, 2.45) is 0 Å². The number of benzene rings is 1. The highest BCUT2D eigenvalue weighted by atomic mass is 28.3. The van der Waals surface area contributed by atoms with Crippen molar-refractivity contribution in [3.8, 4) is 0 Å². The second kappa shape index (κ2) is 7.33. The zero-order valence-corrected chi connectivity index (χ0v) is 16.1. The van der Waals surface area contributed by atoms with Crippen LogP contribution in [0, 0.1) is 0 Å². The molecule has 1 rings (SSSR count). The topological polar surface area (TPSA) is 32.7 Å². The maximum Gasteiger partial charge on any atom is 0.274 e. The molecule has 0 aliphatic heterocycles. The highest BCUT2D eigenvalue weighted by molar-refractivity contribution is 6.73. The summed E-state index contributed by atoms with van der Waals surface area (Å²) in [5.41, 5.74) is 0.908. The molecule has 22 heavy (non-hydrogen) atoms. The molecule has 0 aromatic heterocycles. The third-order valence-corrected chi connectivity index (χ3v) is 5.63. The van der Waals surface area contributed by atoms with Crippen LogP contribution in [-0.2, 0) is 11.3 Å². The number of ether oxygens (including phenoxy) is 1. The molecule has 4 heteroatoms. The van der Waals surface area contributed by atoms with Crippen LogP contribution in [0.4, 0.5) is 0 Å². The molecule has 0 radical (unpaired) electrons. The van der Waals surface area contributed by atoms with Gasteiger partial charge in [0.25, 0.3) is 5.95 Å².